The van der Waals surface area contributed by atoms with Crippen LogP contribution in [0.5, 0.6) is 0 Å². The van der Waals surface area contributed by atoms with Gasteiger partial charge < -0.3 is 5.32 Å². The summed E-state index contributed by atoms with van der Waals surface area (Å²) >= 11 is 8.34. The lowest BCUT2D eigenvalue weighted by atomic mass is 9.99. The fourth-order valence-corrected chi connectivity index (χ4v) is 2.50. The third-order valence-corrected chi connectivity index (χ3v) is 3.67. The first kappa shape index (κ1) is 9.59. The monoisotopic (exact) mass is 307 g/mol. The number of fused-ring (bicyclic) bond motifs is 1. The van der Waals surface area contributed by atoms with Crippen molar-refractivity contribution in [3.8, 4) is 0 Å². The number of benzene rings is 1. The molecule has 0 fully saturated rings. The molecule has 1 aromatic carbocycles. The molecule has 1 aliphatic rings. The Labute approximate surface area is 97.0 Å². The molecule has 1 N–H and O–H groups in total. The first-order valence-electron chi connectivity index (χ1n) is 4.40. The maximum absolute atomic E-state index is 5.92. The summed E-state index contributed by atoms with van der Waals surface area (Å²) in [5.74, 6) is 0. The van der Waals surface area contributed by atoms with Crippen LogP contribution >= 0.6 is 34.2 Å². The summed E-state index contributed by atoms with van der Waals surface area (Å²) < 4.78 is 1.17. The summed E-state index contributed by atoms with van der Waals surface area (Å²) in [6, 6.07) is 6.72. The van der Waals surface area contributed by atoms with E-state index in [2.05, 4.69) is 40.0 Å². The highest BCUT2D eigenvalue weighted by atomic mass is 127. The fourth-order valence-electron chi connectivity index (χ4n) is 1.65. The van der Waals surface area contributed by atoms with Crippen molar-refractivity contribution in [2.45, 2.75) is 18.9 Å². The maximum Gasteiger partial charge on any atom is 0.0410 e. The van der Waals surface area contributed by atoms with E-state index in [1.54, 1.807) is 0 Å². The van der Waals surface area contributed by atoms with Crippen molar-refractivity contribution in [2.75, 3.05) is 9.74 Å². The molecule has 1 unspecified atom stereocenters. The van der Waals surface area contributed by atoms with E-state index in [0.29, 0.717) is 6.04 Å². The predicted octanol–water partition coefficient (Wildman–Crippen LogP) is 3.50. The van der Waals surface area contributed by atoms with Gasteiger partial charge in [-0.2, -0.15) is 0 Å². The lowest BCUT2D eigenvalue weighted by molar-refractivity contribution is 0.695. The van der Waals surface area contributed by atoms with Crippen molar-refractivity contribution >= 4 is 39.9 Å². The summed E-state index contributed by atoms with van der Waals surface area (Å²) in [6.45, 7) is 0. The average molecular weight is 308 g/mol. The Hall–Kier alpha value is 0.0400. The van der Waals surface area contributed by atoms with Crippen LogP contribution in [0.25, 0.3) is 0 Å². The molecule has 1 aliphatic heterocycles. The van der Waals surface area contributed by atoms with Crippen LogP contribution in [0.1, 0.15) is 12.0 Å². The molecule has 70 valence electrons. The van der Waals surface area contributed by atoms with Gasteiger partial charge in [0.1, 0.15) is 0 Å². The van der Waals surface area contributed by atoms with Gasteiger partial charge in [0, 0.05) is 21.2 Å². The highest BCUT2D eigenvalue weighted by Crippen LogP contribution is 2.27. The van der Waals surface area contributed by atoms with Crippen LogP contribution in [0.2, 0.25) is 5.02 Å². The Morgan fingerprint density at radius 2 is 2.38 bits per heavy atom. The summed E-state index contributed by atoms with van der Waals surface area (Å²) in [4.78, 5) is 0. The minimum absolute atomic E-state index is 0.634. The summed E-state index contributed by atoms with van der Waals surface area (Å²) in [6.07, 6.45) is 2.37. The zero-order valence-electron chi connectivity index (χ0n) is 7.19. The molecular weight excluding hydrogens is 296 g/mol. The van der Waals surface area contributed by atoms with Crippen molar-refractivity contribution in [2.24, 2.45) is 0 Å². The van der Waals surface area contributed by atoms with E-state index in [4.69, 9.17) is 11.6 Å². The molecule has 1 aromatic rings. The number of hydrogen-bond donors (Lipinski definition) is 1. The molecule has 3 heteroatoms. The SMILES string of the molecule is Clc1ccc2c(c1)CCC(CI)N2. The van der Waals surface area contributed by atoms with Crippen LogP contribution in [0, 0.1) is 0 Å². The molecule has 0 saturated heterocycles. The molecule has 0 aromatic heterocycles. The molecule has 1 heterocycles. The Bertz CT molecular complexity index is 314. The zero-order valence-corrected chi connectivity index (χ0v) is 10.1. The lowest BCUT2D eigenvalue weighted by Gasteiger charge is -2.25. The number of alkyl halides is 1. The number of halogens is 2. The molecule has 1 atom stereocenters. The highest BCUT2D eigenvalue weighted by molar-refractivity contribution is 14.1. The minimum atomic E-state index is 0.634. The number of rotatable bonds is 1. The average Bonchev–Trinajstić information content (AvgIpc) is 2.17. The first-order valence-corrected chi connectivity index (χ1v) is 6.31. The van der Waals surface area contributed by atoms with Crippen LogP contribution in [0.4, 0.5) is 5.69 Å². The van der Waals surface area contributed by atoms with Crippen molar-refractivity contribution < 1.29 is 0 Å². The largest absolute Gasteiger partial charge is 0.381 e. The van der Waals surface area contributed by atoms with Crippen molar-refractivity contribution in [3.05, 3.63) is 28.8 Å². The second-order valence-electron chi connectivity index (χ2n) is 3.34. The normalized spacial score (nSPS) is 20.6. The van der Waals surface area contributed by atoms with Crippen LogP contribution in [0.15, 0.2) is 18.2 Å². The smallest absolute Gasteiger partial charge is 0.0410 e. The molecule has 1 nitrogen and oxygen atoms in total. The number of aryl methyl sites for hydroxylation is 1. The standard InChI is InChI=1S/C10H11ClIN/c11-8-2-4-10-7(5-8)1-3-9(6-12)13-10/h2,4-5,9,13H,1,3,6H2. The van der Waals surface area contributed by atoms with Crippen LogP contribution < -0.4 is 5.32 Å². The van der Waals surface area contributed by atoms with E-state index in [0.717, 1.165) is 11.4 Å². The Balaban J connectivity index is 2.26. The molecule has 0 aliphatic carbocycles. The Kier molecular flexibility index (Phi) is 2.99. The van der Waals surface area contributed by atoms with Gasteiger partial charge in [0.15, 0.2) is 0 Å². The minimum Gasteiger partial charge on any atom is -0.381 e. The molecule has 0 spiro atoms. The number of anilines is 1. The number of hydrogen-bond acceptors (Lipinski definition) is 1. The van der Waals surface area contributed by atoms with E-state index >= 15 is 0 Å². The summed E-state index contributed by atoms with van der Waals surface area (Å²) in [5.41, 5.74) is 2.62. The Morgan fingerprint density at radius 1 is 1.54 bits per heavy atom. The molecule has 0 bridgehead atoms. The first-order chi connectivity index (χ1) is 6.29. The van der Waals surface area contributed by atoms with Crippen LogP contribution in [0.3, 0.4) is 0 Å². The van der Waals surface area contributed by atoms with E-state index in [-0.39, 0.29) is 0 Å². The third kappa shape index (κ3) is 2.10. The second-order valence-corrected chi connectivity index (χ2v) is 4.65. The molecule has 0 radical (unpaired) electrons. The van der Waals surface area contributed by atoms with Gasteiger partial charge in [-0.3, -0.25) is 0 Å². The highest BCUT2D eigenvalue weighted by Gasteiger charge is 2.16. The lowest BCUT2D eigenvalue weighted by Crippen LogP contribution is -2.26. The molecule has 0 amide bonds. The van der Waals surface area contributed by atoms with Crippen molar-refractivity contribution in [1.29, 1.82) is 0 Å². The van der Waals surface area contributed by atoms with Gasteiger partial charge in [-0.15, -0.1) is 0 Å². The molecule has 13 heavy (non-hydrogen) atoms. The topological polar surface area (TPSA) is 12.0 Å². The summed E-state index contributed by atoms with van der Waals surface area (Å²) in [5, 5.41) is 4.35. The van der Waals surface area contributed by atoms with Crippen LogP contribution in [-0.4, -0.2) is 10.5 Å². The van der Waals surface area contributed by atoms with Crippen molar-refractivity contribution in [1.82, 2.24) is 0 Å². The zero-order chi connectivity index (χ0) is 9.26. The van der Waals surface area contributed by atoms with E-state index in [9.17, 15) is 0 Å². The number of nitrogens with one attached hydrogen (secondary N) is 1. The van der Waals surface area contributed by atoms with Gasteiger partial charge in [0.25, 0.3) is 0 Å². The van der Waals surface area contributed by atoms with Crippen LogP contribution in [-0.2, 0) is 6.42 Å². The summed E-state index contributed by atoms with van der Waals surface area (Å²) in [7, 11) is 0. The van der Waals surface area contributed by atoms with Gasteiger partial charge in [0.05, 0.1) is 0 Å². The van der Waals surface area contributed by atoms with Gasteiger partial charge >= 0.3 is 0 Å². The Morgan fingerprint density at radius 3 is 3.15 bits per heavy atom. The quantitative estimate of drug-likeness (QED) is 0.618. The van der Waals surface area contributed by atoms with Gasteiger partial charge in [-0.05, 0) is 36.6 Å². The molecule has 0 saturated carbocycles. The predicted molar refractivity (Wildman–Crippen MR) is 66.1 cm³/mol. The van der Waals surface area contributed by atoms with E-state index < -0.39 is 0 Å². The molecule has 2 rings (SSSR count). The maximum atomic E-state index is 5.92. The third-order valence-electron chi connectivity index (χ3n) is 2.38. The fraction of sp³-hybridized carbons (Fsp3) is 0.400. The van der Waals surface area contributed by atoms with Crippen molar-refractivity contribution in [3.63, 3.8) is 0 Å². The van der Waals surface area contributed by atoms with E-state index in [1.807, 2.05) is 6.07 Å². The van der Waals surface area contributed by atoms with Gasteiger partial charge in [-0.1, -0.05) is 34.2 Å². The van der Waals surface area contributed by atoms with Gasteiger partial charge in [0.2, 0.25) is 0 Å². The van der Waals surface area contributed by atoms with Gasteiger partial charge in [-0.25, -0.2) is 0 Å². The molecular formula is C10H11ClIN. The van der Waals surface area contributed by atoms with E-state index in [1.165, 1.54) is 22.1 Å². The second kappa shape index (κ2) is 4.05.